The molecule has 0 amide bonds. The van der Waals surface area contributed by atoms with Crippen LogP contribution in [0.2, 0.25) is 0 Å². The molecular weight excluding hydrogens is 252 g/mol. The Morgan fingerprint density at radius 2 is 1.90 bits per heavy atom. The van der Waals surface area contributed by atoms with Crippen LogP contribution in [-0.4, -0.2) is 17.6 Å². The summed E-state index contributed by atoms with van der Waals surface area (Å²) in [6.45, 7) is 3.73. The van der Waals surface area contributed by atoms with Crippen molar-refractivity contribution in [3.05, 3.63) is 59.3 Å². The Kier molecular flexibility index (Phi) is 3.37. The molecule has 0 unspecified atom stereocenters. The lowest BCUT2D eigenvalue weighted by molar-refractivity contribution is 0.0526. The van der Waals surface area contributed by atoms with Crippen molar-refractivity contribution >= 4 is 11.8 Å². The number of carbonyl (C=O) groups is 1. The van der Waals surface area contributed by atoms with Crippen LogP contribution in [0.25, 0.3) is 0 Å². The molecule has 0 bridgehead atoms. The fourth-order valence-electron chi connectivity index (χ4n) is 2.50. The molecule has 0 saturated heterocycles. The average molecular weight is 268 g/mol. The van der Waals surface area contributed by atoms with Crippen LogP contribution in [-0.2, 0) is 17.8 Å². The third-order valence-corrected chi connectivity index (χ3v) is 3.42. The number of nitrogens with zero attached hydrogens (tertiary/aromatic N) is 2. The first-order valence-corrected chi connectivity index (χ1v) is 6.73. The summed E-state index contributed by atoms with van der Waals surface area (Å²) in [5.41, 5.74) is 3.10. The van der Waals surface area contributed by atoms with Crippen LogP contribution in [0, 0.1) is 0 Å². The summed E-state index contributed by atoms with van der Waals surface area (Å²) in [6.07, 6.45) is 1.71. The Bertz CT molecular complexity index is 615. The monoisotopic (exact) mass is 268 g/mol. The lowest BCUT2D eigenvalue weighted by Gasteiger charge is -2.19. The molecule has 0 aliphatic carbocycles. The van der Waals surface area contributed by atoms with Crippen molar-refractivity contribution < 1.29 is 9.53 Å². The van der Waals surface area contributed by atoms with E-state index in [0.717, 1.165) is 13.1 Å². The maximum Gasteiger partial charge on any atom is 0.341 e. The lowest BCUT2D eigenvalue weighted by Crippen LogP contribution is -2.20. The fourth-order valence-corrected chi connectivity index (χ4v) is 2.50. The first-order chi connectivity index (χ1) is 9.79. The number of rotatable bonds is 3. The lowest BCUT2D eigenvalue weighted by atomic mass is 10.1. The zero-order valence-electron chi connectivity index (χ0n) is 11.4. The van der Waals surface area contributed by atoms with E-state index >= 15 is 0 Å². The number of hydrogen-bond acceptors (Lipinski definition) is 4. The molecule has 0 fully saturated rings. The normalized spacial score (nSPS) is 13.2. The smallest absolute Gasteiger partial charge is 0.341 e. The maximum absolute atomic E-state index is 12.0. The van der Waals surface area contributed by atoms with E-state index in [4.69, 9.17) is 4.74 Å². The quantitative estimate of drug-likeness (QED) is 0.803. The molecule has 1 aromatic carbocycles. The summed E-state index contributed by atoms with van der Waals surface area (Å²) >= 11 is 0. The van der Waals surface area contributed by atoms with Crippen LogP contribution < -0.4 is 4.90 Å². The molecule has 102 valence electrons. The summed E-state index contributed by atoms with van der Waals surface area (Å²) in [5.74, 6) is 0.383. The highest BCUT2D eigenvalue weighted by atomic mass is 16.5. The summed E-state index contributed by atoms with van der Waals surface area (Å²) in [6, 6.07) is 11.8. The number of carbonyl (C=O) groups excluding carboxylic acids is 1. The Morgan fingerprint density at radius 3 is 2.55 bits per heavy atom. The van der Waals surface area contributed by atoms with Gasteiger partial charge in [0, 0.05) is 19.3 Å². The molecule has 3 rings (SSSR count). The molecule has 2 heterocycles. The SMILES string of the molecule is CCOC(=O)c1cccnc1N1Cc2ccccc2C1. The summed E-state index contributed by atoms with van der Waals surface area (Å²) in [5, 5.41) is 0. The summed E-state index contributed by atoms with van der Waals surface area (Å²) in [7, 11) is 0. The highest BCUT2D eigenvalue weighted by molar-refractivity contribution is 5.94. The predicted octanol–water partition coefficient (Wildman–Crippen LogP) is 2.78. The van der Waals surface area contributed by atoms with E-state index in [9.17, 15) is 4.79 Å². The number of anilines is 1. The third kappa shape index (κ3) is 2.25. The van der Waals surface area contributed by atoms with Gasteiger partial charge in [-0.25, -0.2) is 9.78 Å². The minimum Gasteiger partial charge on any atom is -0.462 e. The molecule has 4 heteroatoms. The number of fused-ring (bicyclic) bond motifs is 1. The zero-order chi connectivity index (χ0) is 13.9. The Labute approximate surface area is 118 Å². The molecule has 0 atom stereocenters. The van der Waals surface area contributed by atoms with Gasteiger partial charge in [-0.15, -0.1) is 0 Å². The largest absolute Gasteiger partial charge is 0.462 e. The minimum atomic E-state index is -0.313. The predicted molar refractivity (Wildman–Crippen MR) is 76.5 cm³/mol. The van der Waals surface area contributed by atoms with Crippen molar-refractivity contribution in [2.75, 3.05) is 11.5 Å². The van der Waals surface area contributed by atoms with Gasteiger partial charge in [-0.2, -0.15) is 0 Å². The van der Waals surface area contributed by atoms with E-state index in [2.05, 4.69) is 22.0 Å². The van der Waals surface area contributed by atoms with Gasteiger partial charge in [-0.3, -0.25) is 0 Å². The second-order valence-electron chi connectivity index (χ2n) is 4.72. The van der Waals surface area contributed by atoms with Gasteiger partial charge in [0.05, 0.1) is 6.61 Å². The van der Waals surface area contributed by atoms with E-state index in [1.807, 2.05) is 12.1 Å². The van der Waals surface area contributed by atoms with E-state index < -0.39 is 0 Å². The molecular formula is C16H16N2O2. The number of hydrogen-bond donors (Lipinski definition) is 0. The molecule has 0 radical (unpaired) electrons. The van der Waals surface area contributed by atoms with Crippen molar-refractivity contribution in [3.8, 4) is 0 Å². The van der Waals surface area contributed by atoms with E-state index in [0.29, 0.717) is 18.0 Å². The van der Waals surface area contributed by atoms with Gasteiger partial charge in [0.15, 0.2) is 0 Å². The second-order valence-corrected chi connectivity index (χ2v) is 4.72. The van der Waals surface area contributed by atoms with E-state index in [1.54, 1.807) is 25.3 Å². The maximum atomic E-state index is 12.0. The molecule has 1 aromatic heterocycles. The molecule has 2 aromatic rings. The van der Waals surface area contributed by atoms with Crippen LogP contribution in [0.1, 0.15) is 28.4 Å². The Balaban J connectivity index is 1.91. The molecule has 0 N–H and O–H groups in total. The van der Waals surface area contributed by atoms with Crippen LogP contribution in [0.5, 0.6) is 0 Å². The van der Waals surface area contributed by atoms with Crippen molar-refractivity contribution in [1.29, 1.82) is 0 Å². The first-order valence-electron chi connectivity index (χ1n) is 6.73. The second kappa shape index (κ2) is 5.33. The Morgan fingerprint density at radius 1 is 1.20 bits per heavy atom. The fraction of sp³-hybridized carbons (Fsp3) is 0.250. The van der Waals surface area contributed by atoms with E-state index in [-0.39, 0.29) is 5.97 Å². The van der Waals surface area contributed by atoms with Gasteiger partial charge < -0.3 is 9.64 Å². The standard InChI is InChI=1S/C16H16N2O2/c1-2-20-16(19)14-8-5-9-17-15(14)18-10-12-6-3-4-7-13(12)11-18/h3-9H,2,10-11H2,1H3. The summed E-state index contributed by atoms with van der Waals surface area (Å²) in [4.78, 5) is 18.5. The third-order valence-electron chi connectivity index (χ3n) is 3.42. The molecule has 1 aliphatic heterocycles. The minimum absolute atomic E-state index is 0.313. The van der Waals surface area contributed by atoms with Crippen molar-refractivity contribution in [3.63, 3.8) is 0 Å². The van der Waals surface area contributed by atoms with Crippen molar-refractivity contribution in [1.82, 2.24) is 4.98 Å². The molecule has 1 aliphatic rings. The number of pyridine rings is 1. The van der Waals surface area contributed by atoms with Gasteiger partial charge >= 0.3 is 5.97 Å². The number of benzene rings is 1. The molecule has 0 saturated carbocycles. The van der Waals surface area contributed by atoms with Crippen LogP contribution in [0.15, 0.2) is 42.6 Å². The van der Waals surface area contributed by atoms with Gasteiger partial charge in [0.1, 0.15) is 11.4 Å². The van der Waals surface area contributed by atoms with Gasteiger partial charge in [-0.1, -0.05) is 24.3 Å². The van der Waals surface area contributed by atoms with Gasteiger partial charge in [0.2, 0.25) is 0 Å². The Hall–Kier alpha value is -2.36. The van der Waals surface area contributed by atoms with Crippen LogP contribution in [0.3, 0.4) is 0 Å². The van der Waals surface area contributed by atoms with Gasteiger partial charge in [-0.05, 0) is 30.2 Å². The number of esters is 1. The molecule has 20 heavy (non-hydrogen) atoms. The average Bonchev–Trinajstić information content (AvgIpc) is 2.91. The summed E-state index contributed by atoms with van der Waals surface area (Å²) < 4.78 is 5.10. The highest BCUT2D eigenvalue weighted by Crippen LogP contribution is 2.29. The highest BCUT2D eigenvalue weighted by Gasteiger charge is 2.24. The van der Waals surface area contributed by atoms with Crippen molar-refractivity contribution in [2.24, 2.45) is 0 Å². The van der Waals surface area contributed by atoms with Crippen LogP contribution >= 0.6 is 0 Å². The zero-order valence-corrected chi connectivity index (χ0v) is 11.4. The van der Waals surface area contributed by atoms with Crippen molar-refractivity contribution in [2.45, 2.75) is 20.0 Å². The topological polar surface area (TPSA) is 42.4 Å². The molecule has 4 nitrogen and oxygen atoms in total. The first kappa shape index (κ1) is 12.7. The van der Waals surface area contributed by atoms with Crippen LogP contribution in [0.4, 0.5) is 5.82 Å². The number of aromatic nitrogens is 1. The molecule has 0 spiro atoms. The van der Waals surface area contributed by atoms with Gasteiger partial charge in [0.25, 0.3) is 0 Å². The number of ether oxygens (including phenoxy) is 1. The van der Waals surface area contributed by atoms with E-state index in [1.165, 1.54) is 11.1 Å².